The van der Waals surface area contributed by atoms with Gasteiger partial charge in [-0.1, -0.05) is 12.1 Å². The summed E-state index contributed by atoms with van der Waals surface area (Å²) in [6, 6.07) is 11.0. The van der Waals surface area contributed by atoms with Crippen LogP contribution in [0.25, 0.3) is 11.1 Å². The van der Waals surface area contributed by atoms with Gasteiger partial charge in [0.15, 0.2) is 18.1 Å². The molecule has 1 N–H and O–H groups in total. The van der Waals surface area contributed by atoms with Crippen LogP contribution in [0.5, 0.6) is 0 Å². The van der Waals surface area contributed by atoms with E-state index in [-0.39, 0.29) is 13.0 Å². The maximum absolute atomic E-state index is 12.1. The zero-order valence-electron chi connectivity index (χ0n) is 16.0. The van der Waals surface area contributed by atoms with Crippen LogP contribution in [-0.2, 0) is 20.7 Å². The standard InChI is InChI=1S/C21H19N3O4S/c1-13-9-15(29-12-22)10-14(2)21(13)24-18(25)11-27-20(26)8-7-19-23-16-5-3-4-6-17(16)28-19/h3-6,9-10H,7-8,11H2,1-2H3,(H,24,25). The number of hydrogen-bond donors (Lipinski definition) is 1. The van der Waals surface area contributed by atoms with E-state index in [0.717, 1.165) is 33.3 Å². The first-order valence-corrected chi connectivity index (χ1v) is 9.75. The molecule has 3 rings (SSSR count). The highest BCUT2D eigenvalue weighted by Gasteiger charge is 2.13. The number of thioether (sulfide) groups is 1. The Kier molecular flexibility index (Phi) is 6.52. The number of benzene rings is 2. The molecule has 1 heterocycles. The first-order valence-electron chi connectivity index (χ1n) is 8.93. The molecule has 0 unspecified atom stereocenters. The molecule has 0 saturated heterocycles. The predicted molar refractivity (Wildman–Crippen MR) is 109 cm³/mol. The molecule has 0 aliphatic carbocycles. The predicted octanol–water partition coefficient (Wildman–Crippen LogP) is 4.13. The Labute approximate surface area is 172 Å². The van der Waals surface area contributed by atoms with Crippen molar-refractivity contribution < 1.29 is 18.7 Å². The lowest BCUT2D eigenvalue weighted by molar-refractivity contribution is -0.147. The van der Waals surface area contributed by atoms with Crippen LogP contribution in [0.1, 0.15) is 23.4 Å². The summed E-state index contributed by atoms with van der Waals surface area (Å²) in [4.78, 5) is 29.2. The number of thiocyanates is 1. The SMILES string of the molecule is Cc1cc(SC#N)cc(C)c1NC(=O)COC(=O)CCc1nc2ccccc2o1. The smallest absolute Gasteiger partial charge is 0.306 e. The number of para-hydroxylation sites is 2. The highest BCUT2D eigenvalue weighted by molar-refractivity contribution is 8.03. The number of aromatic nitrogens is 1. The second-order valence-electron chi connectivity index (χ2n) is 6.41. The van der Waals surface area contributed by atoms with Crippen molar-refractivity contribution in [1.29, 1.82) is 5.26 Å². The molecule has 148 valence electrons. The molecular formula is C21H19N3O4S. The van der Waals surface area contributed by atoms with Crippen molar-refractivity contribution >= 4 is 40.4 Å². The molecule has 0 fully saturated rings. The van der Waals surface area contributed by atoms with Gasteiger partial charge in [-0.25, -0.2) is 4.98 Å². The third-order valence-corrected chi connectivity index (χ3v) is 4.74. The van der Waals surface area contributed by atoms with Crippen LogP contribution < -0.4 is 5.32 Å². The molecule has 0 atom stereocenters. The van der Waals surface area contributed by atoms with Crippen LogP contribution in [0.2, 0.25) is 0 Å². The van der Waals surface area contributed by atoms with Gasteiger partial charge in [-0.3, -0.25) is 9.59 Å². The summed E-state index contributed by atoms with van der Waals surface area (Å²) >= 11 is 1.06. The molecule has 0 bridgehead atoms. The number of carbonyl (C=O) groups is 2. The number of aryl methyl sites for hydroxylation is 3. The lowest BCUT2D eigenvalue weighted by atomic mass is 10.1. The number of esters is 1. The van der Waals surface area contributed by atoms with Crippen molar-refractivity contribution in [3.63, 3.8) is 0 Å². The van der Waals surface area contributed by atoms with Crippen molar-refractivity contribution in [2.75, 3.05) is 11.9 Å². The number of oxazole rings is 1. The van der Waals surface area contributed by atoms with Gasteiger partial charge in [-0.05, 0) is 61.0 Å². The summed E-state index contributed by atoms with van der Waals surface area (Å²) in [5.74, 6) is -0.474. The Bertz CT molecular complexity index is 1040. The Balaban J connectivity index is 1.49. The largest absolute Gasteiger partial charge is 0.456 e. The molecule has 0 aliphatic rings. The van der Waals surface area contributed by atoms with Crippen LogP contribution >= 0.6 is 11.8 Å². The molecule has 1 amide bonds. The van der Waals surface area contributed by atoms with Gasteiger partial charge in [0.25, 0.3) is 5.91 Å². The molecule has 1 aromatic heterocycles. The van der Waals surface area contributed by atoms with E-state index in [0.29, 0.717) is 23.6 Å². The number of hydrogen-bond acceptors (Lipinski definition) is 7. The molecule has 0 saturated carbocycles. The lowest BCUT2D eigenvalue weighted by Crippen LogP contribution is -2.22. The maximum atomic E-state index is 12.1. The molecule has 0 aliphatic heterocycles. The van der Waals surface area contributed by atoms with Gasteiger partial charge in [0, 0.05) is 17.0 Å². The Morgan fingerprint density at radius 3 is 2.66 bits per heavy atom. The Morgan fingerprint density at radius 1 is 1.24 bits per heavy atom. The van der Waals surface area contributed by atoms with E-state index in [1.54, 1.807) is 0 Å². The minimum Gasteiger partial charge on any atom is -0.456 e. The first-order chi connectivity index (χ1) is 14.0. The van der Waals surface area contributed by atoms with Crippen molar-refractivity contribution in [2.24, 2.45) is 0 Å². The second kappa shape index (κ2) is 9.26. The molecule has 0 radical (unpaired) electrons. The van der Waals surface area contributed by atoms with Crippen molar-refractivity contribution in [2.45, 2.75) is 31.6 Å². The topological polar surface area (TPSA) is 105 Å². The molecular weight excluding hydrogens is 390 g/mol. The minimum absolute atomic E-state index is 0.0677. The summed E-state index contributed by atoms with van der Waals surface area (Å²) in [5.41, 5.74) is 3.72. The fourth-order valence-corrected chi connectivity index (χ4v) is 3.44. The van der Waals surface area contributed by atoms with Crippen molar-refractivity contribution in [3.8, 4) is 5.40 Å². The zero-order valence-corrected chi connectivity index (χ0v) is 16.8. The van der Waals surface area contributed by atoms with Gasteiger partial charge in [0.2, 0.25) is 0 Å². The molecule has 8 heteroatoms. The van der Waals surface area contributed by atoms with Gasteiger partial charge < -0.3 is 14.5 Å². The number of carbonyl (C=O) groups excluding carboxylic acids is 2. The van der Waals surface area contributed by atoms with Crippen molar-refractivity contribution in [3.05, 3.63) is 53.4 Å². The summed E-state index contributed by atoms with van der Waals surface area (Å²) in [7, 11) is 0. The fourth-order valence-electron chi connectivity index (χ4n) is 2.86. The van der Waals surface area contributed by atoms with Crippen LogP contribution in [-0.4, -0.2) is 23.5 Å². The van der Waals surface area contributed by atoms with Crippen LogP contribution in [0, 0.1) is 24.5 Å². The fraction of sp³-hybridized carbons (Fsp3) is 0.238. The van der Waals surface area contributed by atoms with Gasteiger partial charge >= 0.3 is 5.97 Å². The minimum atomic E-state index is -0.503. The molecule has 29 heavy (non-hydrogen) atoms. The van der Waals surface area contributed by atoms with E-state index in [9.17, 15) is 9.59 Å². The van der Waals surface area contributed by atoms with E-state index < -0.39 is 11.9 Å². The number of fused-ring (bicyclic) bond motifs is 1. The average Bonchev–Trinajstić information content (AvgIpc) is 3.11. The second-order valence-corrected chi connectivity index (χ2v) is 7.27. The third-order valence-electron chi connectivity index (χ3n) is 4.18. The number of nitrogens with zero attached hydrogens (tertiary/aromatic N) is 2. The van der Waals surface area contributed by atoms with E-state index in [1.807, 2.05) is 55.6 Å². The van der Waals surface area contributed by atoms with Gasteiger partial charge in [-0.15, -0.1) is 0 Å². The number of nitrogens with one attached hydrogen (secondary N) is 1. The summed E-state index contributed by atoms with van der Waals surface area (Å²) in [6.07, 6.45) is 0.365. The molecule has 7 nitrogen and oxygen atoms in total. The number of anilines is 1. The van der Waals surface area contributed by atoms with Crippen LogP contribution in [0.15, 0.2) is 45.7 Å². The first kappa shape index (κ1) is 20.4. The summed E-state index contributed by atoms with van der Waals surface area (Å²) in [5, 5.41) is 13.6. The Hall–Kier alpha value is -3.31. The molecule has 2 aromatic carbocycles. The Morgan fingerprint density at radius 2 is 1.97 bits per heavy atom. The molecule has 3 aromatic rings. The third kappa shape index (κ3) is 5.36. The highest BCUT2D eigenvalue weighted by atomic mass is 32.2. The molecule has 0 spiro atoms. The number of rotatable bonds is 7. The monoisotopic (exact) mass is 409 g/mol. The zero-order chi connectivity index (χ0) is 20.8. The number of amides is 1. The van der Waals surface area contributed by atoms with E-state index in [4.69, 9.17) is 14.4 Å². The van der Waals surface area contributed by atoms with Crippen LogP contribution in [0.4, 0.5) is 5.69 Å². The highest BCUT2D eigenvalue weighted by Crippen LogP contribution is 2.27. The summed E-state index contributed by atoms with van der Waals surface area (Å²) < 4.78 is 10.6. The summed E-state index contributed by atoms with van der Waals surface area (Å²) in [6.45, 7) is 3.31. The van der Waals surface area contributed by atoms with E-state index >= 15 is 0 Å². The number of ether oxygens (including phenoxy) is 1. The van der Waals surface area contributed by atoms with Crippen LogP contribution in [0.3, 0.4) is 0 Å². The number of nitriles is 1. The van der Waals surface area contributed by atoms with Gasteiger partial charge in [0.05, 0.1) is 6.42 Å². The quantitative estimate of drug-likeness (QED) is 0.355. The average molecular weight is 409 g/mol. The lowest BCUT2D eigenvalue weighted by Gasteiger charge is -2.13. The normalized spacial score (nSPS) is 10.5. The maximum Gasteiger partial charge on any atom is 0.306 e. The van der Waals surface area contributed by atoms with E-state index in [2.05, 4.69) is 10.3 Å². The van der Waals surface area contributed by atoms with Gasteiger partial charge in [-0.2, -0.15) is 5.26 Å². The van der Waals surface area contributed by atoms with Gasteiger partial charge in [0.1, 0.15) is 10.9 Å². The van der Waals surface area contributed by atoms with E-state index in [1.165, 1.54) is 0 Å². The van der Waals surface area contributed by atoms with Crippen molar-refractivity contribution in [1.82, 2.24) is 4.98 Å².